The van der Waals surface area contributed by atoms with Crippen LogP contribution in [0.4, 0.5) is 18.9 Å². The lowest BCUT2D eigenvalue weighted by Crippen LogP contribution is -2.28. The van der Waals surface area contributed by atoms with Crippen LogP contribution in [0.1, 0.15) is 16.8 Å². The van der Waals surface area contributed by atoms with Crippen LogP contribution in [0.25, 0.3) is 0 Å². The highest BCUT2D eigenvalue weighted by Gasteiger charge is 2.26. The van der Waals surface area contributed by atoms with Gasteiger partial charge in [0.2, 0.25) is 0 Å². The van der Waals surface area contributed by atoms with Crippen molar-refractivity contribution in [2.45, 2.75) is 12.6 Å². The van der Waals surface area contributed by atoms with Crippen LogP contribution in [-0.2, 0) is 0 Å². The van der Waals surface area contributed by atoms with Gasteiger partial charge in [0.15, 0.2) is 0 Å². The van der Waals surface area contributed by atoms with Crippen LogP contribution < -0.4 is 11.1 Å². The molecule has 0 aromatic heterocycles. The lowest BCUT2D eigenvalue weighted by molar-refractivity contribution is -0.132. The van der Waals surface area contributed by atoms with Gasteiger partial charge in [0, 0.05) is 12.2 Å². The highest BCUT2D eigenvalue weighted by atomic mass is 19.4. The molecule has 0 bridgehead atoms. The Kier molecular flexibility index (Phi) is 3.76. The summed E-state index contributed by atoms with van der Waals surface area (Å²) in [5.74, 6) is -0.595. The Labute approximate surface area is 90.4 Å². The van der Waals surface area contributed by atoms with Crippen molar-refractivity contribution in [1.29, 1.82) is 0 Å². The van der Waals surface area contributed by atoms with E-state index < -0.39 is 25.0 Å². The van der Waals surface area contributed by atoms with Crippen LogP contribution in [0.2, 0.25) is 0 Å². The summed E-state index contributed by atoms with van der Waals surface area (Å²) in [5, 5.41) is 2.16. The number of benzene rings is 1. The van der Waals surface area contributed by atoms with E-state index in [0.717, 1.165) is 0 Å². The molecule has 0 atom stereocenters. The Morgan fingerprint density at radius 3 is 2.50 bits per heavy atom. The van der Waals surface area contributed by atoms with Gasteiger partial charge in [-0.3, -0.25) is 4.79 Å². The average Bonchev–Trinajstić information content (AvgIpc) is 2.16. The van der Waals surface area contributed by atoms with Gasteiger partial charge in [0.25, 0.3) is 5.91 Å². The molecule has 0 aliphatic heterocycles. The van der Waals surface area contributed by atoms with E-state index in [1.54, 1.807) is 12.1 Å². The molecule has 3 N–H and O–H groups in total. The van der Waals surface area contributed by atoms with Gasteiger partial charge < -0.3 is 11.1 Å². The first-order valence-corrected chi connectivity index (χ1v) is 4.59. The van der Waals surface area contributed by atoms with Gasteiger partial charge in [0.05, 0.1) is 12.0 Å². The smallest absolute Gasteiger partial charge is 0.390 e. The topological polar surface area (TPSA) is 55.1 Å². The molecule has 3 nitrogen and oxygen atoms in total. The molecule has 0 aliphatic rings. The molecule has 16 heavy (non-hydrogen) atoms. The zero-order valence-electron chi connectivity index (χ0n) is 8.34. The van der Waals surface area contributed by atoms with E-state index in [1.807, 2.05) is 0 Å². The molecule has 88 valence electrons. The predicted molar refractivity (Wildman–Crippen MR) is 53.9 cm³/mol. The summed E-state index contributed by atoms with van der Waals surface area (Å²) < 4.78 is 35.4. The molecule has 1 amide bonds. The molecule has 0 unspecified atom stereocenters. The fourth-order valence-electron chi connectivity index (χ4n) is 1.12. The molecule has 1 aromatic carbocycles. The standard InChI is InChI=1S/C10H11F3N2O/c11-10(12,13)5-6-15-9(16)7-3-1-2-4-8(7)14/h1-4H,5-6,14H2,(H,15,16). The minimum atomic E-state index is -4.27. The van der Waals surface area contributed by atoms with E-state index in [9.17, 15) is 18.0 Å². The first kappa shape index (κ1) is 12.4. The molecule has 6 heteroatoms. The van der Waals surface area contributed by atoms with E-state index in [0.29, 0.717) is 0 Å². The normalized spacial score (nSPS) is 11.2. The van der Waals surface area contributed by atoms with Gasteiger partial charge in [-0.1, -0.05) is 12.1 Å². The number of nitrogens with one attached hydrogen (secondary N) is 1. The number of anilines is 1. The predicted octanol–water partition coefficient (Wildman–Crippen LogP) is 1.95. The fraction of sp³-hybridized carbons (Fsp3) is 0.300. The van der Waals surface area contributed by atoms with E-state index in [-0.39, 0.29) is 11.3 Å². The maximum atomic E-state index is 11.8. The molecular weight excluding hydrogens is 221 g/mol. The third kappa shape index (κ3) is 3.80. The first-order valence-electron chi connectivity index (χ1n) is 4.59. The van der Waals surface area contributed by atoms with E-state index in [2.05, 4.69) is 5.32 Å². The van der Waals surface area contributed by atoms with E-state index in [1.165, 1.54) is 12.1 Å². The highest BCUT2D eigenvalue weighted by Crippen LogP contribution is 2.18. The van der Waals surface area contributed by atoms with Crippen molar-refractivity contribution in [1.82, 2.24) is 5.32 Å². The second kappa shape index (κ2) is 4.87. The van der Waals surface area contributed by atoms with Crippen molar-refractivity contribution in [3.8, 4) is 0 Å². The third-order valence-electron chi connectivity index (χ3n) is 1.90. The number of para-hydroxylation sites is 1. The fourth-order valence-corrected chi connectivity index (χ4v) is 1.12. The number of nitrogen functional groups attached to an aromatic ring is 1. The van der Waals surface area contributed by atoms with Gasteiger partial charge in [0.1, 0.15) is 0 Å². The maximum absolute atomic E-state index is 11.8. The first-order chi connectivity index (χ1) is 7.40. The molecule has 0 saturated heterocycles. The lowest BCUT2D eigenvalue weighted by Gasteiger charge is -2.08. The molecule has 0 saturated carbocycles. The van der Waals surface area contributed by atoms with Crippen molar-refractivity contribution < 1.29 is 18.0 Å². The molecule has 0 fully saturated rings. The number of hydrogen-bond donors (Lipinski definition) is 2. The zero-order valence-corrected chi connectivity index (χ0v) is 8.34. The van der Waals surface area contributed by atoms with Crippen LogP contribution >= 0.6 is 0 Å². The van der Waals surface area contributed by atoms with Gasteiger partial charge >= 0.3 is 6.18 Å². The Bertz CT molecular complexity index is 377. The summed E-state index contributed by atoms with van der Waals surface area (Å²) in [6.07, 6.45) is -5.32. The molecule has 1 aromatic rings. The quantitative estimate of drug-likeness (QED) is 0.782. The largest absolute Gasteiger partial charge is 0.398 e. The average molecular weight is 232 g/mol. The van der Waals surface area contributed by atoms with Crippen LogP contribution in [-0.4, -0.2) is 18.6 Å². The Hall–Kier alpha value is -1.72. The van der Waals surface area contributed by atoms with Gasteiger partial charge in [-0.15, -0.1) is 0 Å². The van der Waals surface area contributed by atoms with Crippen molar-refractivity contribution in [2.24, 2.45) is 0 Å². The number of alkyl halides is 3. The Morgan fingerprint density at radius 1 is 1.31 bits per heavy atom. The van der Waals surface area contributed by atoms with Gasteiger partial charge in [-0.2, -0.15) is 13.2 Å². The lowest BCUT2D eigenvalue weighted by atomic mass is 10.1. The number of hydrogen-bond acceptors (Lipinski definition) is 2. The van der Waals surface area contributed by atoms with Crippen LogP contribution in [0.3, 0.4) is 0 Å². The third-order valence-corrected chi connectivity index (χ3v) is 1.90. The summed E-state index contributed by atoms with van der Waals surface area (Å²) in [6.45, 7) is -0.448. The van der Waals surface area contributed by atoms with Crippen LogP contribution in [0.5, 0.6) is 0 Å². The van der Waals surface area contributed by atoms with Crippen LogP contribution in [0, 0.1) is 0 Å². The maximum Gasteiger partial charge on any atom is 0.390 e. The van der Waals surface area contributed by atoms with Crippen molar-refractivity contribution >= 4 is 11.6 Å². The SMILES string of the molecule is Nc1ccccc1C(=O)NCCC(F)(F)F. The minimum Gasteiger partial charge on any atom is -0.398 e. The second-order valence-electron chi connectivity index (χ2n) is 3.21. The Balaban J connectivity index is 2.51. The molecular formula is C10H11F3N2O. The van der Waals surface area contributed by atoms with E-state index >= 15 is 0 Å². The van der Waals surface area contributed by atoms with Gasteiger partial charge in [-0.25, -0.2) is 0 Å². The number of nitrogens with two attached hydrogens (primary N) is 1. The molecule has 0 spiro atoms. The van der Waals surface area contributed by atoms with Crippen molar-refractivity contribution in [2.75, 3.05) is 12.3 Å². The van der Waals surface area contributed by atoms with Gasteiger partial charge in [-0.05, 0) is 12.1 Å². The van der Waals surface area contributed by atoms with Crippen molar-refractivity contribution in [3.63, 3.8) is 0 Å². The number of carbonyl (C=O) groups excluding carboxylic acids is 1. The van der Waals surface area contributed by atoms with Crippen molar-refractivity contribution in [3.05, 3.63) is 29.8 Å². The molecule has 1 rings (SSSR count). The molecule has 0 aliphatic carbocycles. The molecule has 0 heterocycles. The summed E-state index contributed by atoms with van der Waals surface area (Å²) in [4.78, 5) is 11.4. The van der Waals surface area contributed by atoms with E-state index in [4.69, 9.17) is 5.73 Å². The van der Waals surface area contributed by atoms with Crippen LogP contribution in [0.15, 0.2) is 24.3 Å². The zero-order chi connectivity index (χ0) is 12.2. The number of rotatable bonds is 3. The Morgan fingerprint density at radius 2 is 1.94 bits per heavy atom. The number of carbonyl (C=O) groups is 1. The summed E-state index contributed by atoms with van der Waals surface area (Å²) in [5.41, 5.74) is 5.92. The summed E-state index contributed by atoms with van der Waals surface area (Å²) in [7, 11) is 0. The summed E-state index contributed by atoms with van der Waals surface area (Å²) in [6, 6.07) is 6.20. The molecule has 0 radical (unpaired) electrons. The number of halogens is 3. The monoisotopic (exact) mass is 232 g/mol. The second-order valence-corrected chi connectivity index (χ2v) is 3.21. The number of amides is 1. The minimum absolute atomic E-state index is 0.185. The highest BCUT2D eigenvalue weighted by molar-refractivity contribution is 5.98. The summed E-state index contributed by atoms with van der Waals surface area (Å²) >= 11 is 0.